The zero-order valence-corrected chi connectivity index (χ0v) is 8.72. The van der Waals surface area contributed by atoms with Crippen LogP contribution >= 0.6 is 11.6 Å². The molecule has 0 spiro atoms. The first-order valence-electron chi connectivity index (χ1n) is 4.51. The third-order valence-electron chi connectivity index (χ3n) is 1.94. The summed E-state index contributed by atoms with van der Waals surface area (Å²) in [5.74, 6) is -0.0316. The van der Waals surface area contributed by atoms with Crippen LogP contribution in [0.3, 0.4) is 0 Å². The average Bonchev–Trinajstić information content (AvgIpc) is 2.17. The molecule has 4 heteroatoms. The number of rotatable bonds is 7. The lowest BCUT2D eigenvalue weighted by molar-refractivity contribution is -0.147. The van der Waals surface area contributed by atoms with E-state index < -0.39 is 0 Å². The number of carbonyl (C=O) groups excluding carboxylic acids is 1. The van der Waals surface area contributed by atoms with Gasteiger partial charge in [0.1, 0.15) is 0 Å². The van der Waals surface area contributed by atoms with Gasteiger partial charge in [-0.15, -0.1) is 11.6 Å². The number of carbonyl (C=O) groups is 1. The summed E-state index contributed by atoms with van der Waals surface area (Å²) in [4.78, 5) is 11.0. The van der Waals surface area contributed by atoms with E-state index in [1.54, 1.807) is 0 Å². The maximum Gasteiger partial charge on any atom is 0.310 e. The molecule has 0 saturated heterocycles. The Morgan fingerprint density at radius 1 is 1.46 bits per heavy atom. The second kappa shape index (κ2) is 8.32. The van der Waals surface area contributed by atoms with Gasteiger partial charge in [0, 0.05) is 5.88 Å². The van der Waals surface area contributed by atoms with Crippen LogP contribution in [0.25, 0.3) is 0 Å². The molecule has 0 aliphatic carbocycles. The first-order valence-corrected chi connectivity index (χ1v) is 5.04. The number of ether oxygens (including phenoxy) is 1. The minimum atomic E-state index is -0.361. The van der Waals surface area contributed by atoms with Gasteiger partial charge in [0.15, 0.2) is 0 Å². The molecule has 78 valence electrons. The molecule has 0 rings (SSSR count). The maximum atomic E-state index is 11.0. The van der Waals surface area contributed by atoms with Gasteiger partial charge in [0.2, 0.25) is 0 Å². The summed E-state index contributed by atoms with van der Waals surface area (Å²) in [6.07, 6.45) is 3.55. The summed E-state index contributed by atoms with van der Waals surface area (Å²) in [5.41, 5.74) is 0. The second-order valence-corrected chi connectivity index (χ2v) is 3.32. The van der Waals surface area contributed by atoms with Crippen molar-refractivity contribution in [2.75, 3.05) is 19.6 Å². The van der Waals surface area contributed by atoms with Crippen molar-refractivity contribution in [3.05, 3.63) is 0 Å². The van der Waals surface area contributed by atoms with Crippen LogP contribution in [0.4, 0.5) is 0 Å². The highest BCUT2D eigenvalue weighted by Gasteiger charge is 2.16. The molecule has 0 saturated carbocycles. The summed E-state index contributed by atoms with van der Waals surface area (Å²) in [6, 6.07) is 0. The van der Waals surface area contributed by atoms with Crippen molar-refractivity contribution >= 4 is 17.6 Å². The molecule has 0 radical (unpaired) electrons. The zero-order valence-electron chi connectivity index (χ0n) is 7.96. The van der Waals surface area contributed by atoms with Crippen molar-refractivity contribution < 1.29 is 14.6 Å². The number of methoxy groups -OCH3 is 1. The third kappa shape index (κ3) is 5.88. The van der Waals surface area contributed by atoms with Gasteiger partial charge in [-0.2, -0.15) is 0 Å². The van der Waals surface area contributed by atoms with E-state index in [9.17, 15) is 4.79 Å². The fourth-order valence-corrected chi connectivity index (χ4v) is 1.30. The van der Waals surface area contributed by atoms with E-state index in [4.69, 9.17) is 16.7 Å². The third-order valence-corrected chi connectivity index (χ3v) is 2.21. The van der Waals surface area contributed by atoms with E-state index in [-0.39, 0.29) is 18.5 Å². The lowest BCUT2D eigenvalue weighted by Gasteiger charge is -2.10. The van der Waals surface area contributed by atoms with Gasteiger partial charge in [-0.25, -0.2) is 0 Å². The van der Waals surface area contributed by atoms with Gasteiger partial charge >= 0.3 is 5.97 Å². The lowest BCUT2D eigenvalue weighted by Crippen LogP contribution is -2.19. The van der Waals surface area contributed by atoms with Crippen LogP contribution < -0.4 is 0 Å². The van der Waals surface area contributed by atoms with Crippen molar-refractivity contribution in [1.82, 2.24) is 0 Å². The fraction of sp³-hybridized carbons (Fsp3) is 0.889. The van der Waals surface area contributed by atoms with Gasteiger partial charge in [-0.3, -0.25) is 4.79 Å². The second-order valence-electron chi connectivity index (χ2n) is 2.94. The minimum absolute atomic E-state index is 0.131. The molecule has 0 aromatic rings. The summed E-state index contributed by atoms with van der Waals surface area (Å²) >= 11 is 5.50. The molecule has 0 fully saturated rings. The molecule has 1 atom stereocenters. The number of halogens is 1. The molecular formula is C9H17ClO3. The highest BCUT2D eigenvalue weighted by atomic mass is 35.5. The standard InChI is InChI=1S/C9H17ClO3/c1-13-9(12)8(7-11)5-3-2-4-6-10/h8,11H,2-7H2,1H3. The Morgan fingerprint density at radius 3 is 2.62 bits per heavy atom. The van der Waals surface area contributed by atoms with Gasteiger partial charge in [0.25, 0.3) is 0 Å². The molecule has 13 heavy (non-hydrogen) atoms. The van der Waals surface area contributed by atoms with Crippen molar-refractivity contribution in [3.63, 3.8) is 0 Å². The fourth-order valence-electron chi connectivity index (χ4n) is 1.11. The van der Waals surface area contributed by atoms with Crippen LogP contribution in [0, 0.1) is 5.92 Å². The maximum absolute atomic E-state index is 11.0. The molecule has 0 heterocycles. The number of alkyl halides is 1. The Bertz CT molecular complexity index is 139. The Balaban J connectivity index is 3.53. The minimum Gasteiger partial charge on any atom is -0.469 e. The molecule has 1 N–H and O–H groups in total. The number of aliphatic hydroxyl groups excluding tert-OH is 1. The Hall–Kier alpha value is -0.280. The molecular weight excluding hydrogens is 192 g/mol. The summed E-state index contributed by atoms with van der Waals surface area (Å²) < 4.78 is 4.54. The first-order chi connectivity index (χ1) is 6.26. The zero-order chi connectivity index (χ0) is 10.1. The van der Waals surface area contributed by atoms with Crippen LogP contribution in [0.2, 0.25) is 0 Å². The van der Waals surface area contributed by atoms with Gasteiger partial charge in [-0.1, -0.05) is 12.8 Å². The SMILES string of the molecule is COC(=O)C(CO)CCCCCCl. The highest BCUT2D eigenvalue weighted by molar-refractivity contribution is 6.17. The normalized spacial score (nSPS) is 12.5. The Morgan fingerprint density at radius 2 is 2.15 bits per heavy atom. The smallest absolute Gasteiger partial charge is 0.310 e. The number of esters is 1. The van der Waals surface area contributed by atoms with E-state index in [0.29, 0.717) is 12.3 Å². The first kappa shape index (κ1) is 12.7. The van der Waals surface area contributed by atoms with E-state index in [2.05, 4.69) is 4.74 Å². The number of hydrogen-bond acceptors (Lipinski definition) is 3. The van der Waals surface area contributed by atoms with E-state index in [0.717, 1.165) is 19.3 Å². The summed E-state index contributed by atoms with van der Waals surface area (Å²) in [7, 11) is 1.34. The van der Waals surface area contributed by atoms with Crippen molar-refractivity contribution in [1.29, 1.82) is 0 Å². The van der Waals surface area contributed by atoms with Crippen molar-refractivity contribution in [2.45, 2.75) is 25.7 Å². The number of aliphatic hydroxyl groups is 1. The highest BCUT2D eigenvalue weighted by Crippen LogP contribution is 2.11. The number of hydrogen-bond donors (Lipinski definition) is 1. The predicted molar refractivity (Wildman–Crippen MR) is 51.8 cm³/mol. The monoisotopic (exact) mass is 208 g/mol. The molecule has 0 aromatic carbocycles. The topological polar surface area (TPSA) is 46.5 Å². The van der Waals surface area contributed by atoms with Crippen LogP contribution in [0.15, 0.2) is 0 Å². The molecule has 0 bridgehead atoms. The van der Waals surface area contributed by atoms with E-state index in [1.807, 2.05) is 0 Å². The molecule has 1 unspecified atom stereocenters. The molecule has 0 aromatic heterocycles. The van der Waals surface area contributed by atoms with Crippen LogP contribution in [0.1, 0.15) is 25.7 Å². The molecule has 0 aliphatic rings. The van der Waals surface area contributed by atoms with Gasteiger partial charge < -0.3 is 9.84 Å². The van der Waals surface area contributed by atoms with Crippen molar-refractivity contribution in [3.8, 4) is 0 Å². The predicted octanol–water partition coefficient (Wildman–Crippen LogP) is 1.57. The van der Waals surface area contributed by atoms with Gasteiger partial charge in [-0.05, 0) is 12.8 Å². The number of unbranched alkanes of at least 4 members (excludes halogenated alkanes) is 2. The molecule has 3 nitrogen and oxygen atoms in total. The largest absolute Gasteiger partial charge is 0.469 e. The van der Waals surface area contributed by atoms with Crippen LogP contribution in [-0.4, -0.2) is 30.7 Å². The van der Waals surface area contributed by atoms with Crippen LogP contribution in [0.5, 0.6) is 0 Å². The van der Waals surface area contributed by atoms with Crippen LogP contribution in [-0.2, 0) is 9.53 Å². The average molecular weight is 209 g/mol. The Kier molecular flexibility index (Phi) is 8.14. The molecule has 0 amide bonds. The summed E-state index contributed by atoms with van der Waals surface area (Å²) in [5, 5.41) is 8.86. The van der Waals surface area contributed by atoms with Gasteiger partial charge in [0.05, 0.1) is 19.6 Å². The van der Waals surface area contributed by atoms with E-state index >= 15 is 0 Å². The van der Waals surface area contributed by atoms with Crippen molar-refractivity contribution in [2.24, 2.45) is 5.92 Å². The Labute approximate surface area is 84.0 Å². The summed E-state index contributed by atoms with van der Waals surface area (Å²) in [6.45, 7) is -0.131. The molecule has 0 aliphatic heterocycles. The quantitative estimate of drug-likeness (QED) is 0.393. The lowest BCUT2D eigenvalue weighted by atomic mass is 10.0. The van der Waals surface area contributed by atoms with E-state index in [1.165, 1.54) is 7.11 Å².